The van der Waals surface area contributed by atoms with E-state index >= 15 is 0 Å². The number of thioether (sulfide) groups is 1. The van der Waals surface area contributed by atoms with Crippen molar-refractivity contribution in [1.82, 2.24) is 5.32 Å². The van der Waals surface area contributed by atoms with Crippen molar-refractivity contribution >= 4 is 35.6 Å². The van der Waals surface area contributed by atoms with Crippen LogP contribution in [0.4, 0.5) is 0 Å². The third kappa shape index (κ3) is 8.59. The molecule has 13 heteroatoms. The van der Waals surface area contributed by atoms with Gasteiger partial charge in [0, 0.05) is 44.9 Å². The van der Waals surface area contributed by atoms with Crippen LogP contribution < -0.4 is 5.32 Å². The van der Waals surface area contributed by atoms with Crippen molar-refractivity contribution < 1.29 is 38.1 Å². The predicted molar refractivity (Wildman–Crippen MR) is 100 cm³/mol. The average Bonchev–Trinajstić information content (AvgIpc) is 2.60. The molecule has 1 heterocycles. The maximum atomic E-state index is 11.7. The zero-order valence-electron chi connectivity index (χ0n) is 16.5. The molecule has 1 rings (SSSR count). The molecule has 0 aromatic carbocycles. The van der Waals surface area contributed by atoms with E-state index in [2.05, 4.69) is 15.3 Å². The van der Waals surface area contributed by atoms with Crippen molar-refractivity contribution in [3.8, 4) is 0 Å². The van der Waals surface area contributed by atoms with Gasteiger partial charge in [-0.1, -0.05) is 5.11 Å². The topological polar surface area (TPSA) is 166 Å². The summed E-state index contributed by atoms with van der Waals surface area (Å²) in [7, 11) is 0. The van der Waals surface area contributed by atoms with Crippen LogP contribution >= 0.6 is 11.8 Å². The Morgan fingerprint density at radius 3 is 2.21 bits per heavy atom. The molecular weight excluding hydrogens is 408 g/mol. The first-order chi connectivity index (χ1) is 13.6. The average molecular weight is 432 g/mol. The second kappa shape index (κ2) is 12.1. The van der Waals surface area contributed by atoms with E-state index in [1.165, 1.54) is 39.5 Å². The molecule has 1 fully saturated rings. The van der Waals surface area contributed by atoms with Gasteiger partial charge in [0.05, 0.1) is 0 Å². The Balaban J connectivity index is 3.22. The van der Waals surface area contributed by atoms with E-state index in [-0.39, 0.29) is 13.2 Å². The lowest BCUT2D eigenvalue weighted by Crippen LogP contribution is -2.65. The normalized spacial score (nSPS) is 25.9. The highest BCUT2D eigenvalue weighted by atomic mass is 32.2. The summed E-state index contributed by atoms with van der Waals surface area (Å²) in [5.41, 5.74) is 7.64. The SMILES string of the molecule is CC(=O)N[C@@H]1[C@@H](OC(C)=O)[C@H](OC(C)=O)[C@@H](COC(C)=O)O[C@H]1SCCN=[N+]=[N-]. The molecule has 0 unspecified atom stereocenters. The monoisotopic (exact) mass is 432 g/mol. The van der Waals surface area contributed by atoms with E-state index in [9.17, 15) is 19.2 Å². The zero-order valence-corrected chi connectivity index (χ0v) is 17.3. The molecule has 1 saturated heterocycles. The Hall–Kier alpha value is -2.50. The lowest BCUT2D eigenvalue weighted by molar-refractivity contribution is -0.211. The number of nitrogens with one attached hydrogen (secondary N) is 1. The molecule has 1 N–H and O–H groups in total. The molecule has 12 nitrogen and oxygen atoms in total. The number of hydrogen-bond donors (Lipinski definition) is 1. The number of carbonyl (C=O) groups is 4. The highest BCUT2D eigenvalue weighted by Gasteiger charge is 2.50. The van der Waals surface area contributed by atoms with Crippen molar-refractivity contribution in [2.24, 2.45) is 5.11 Å². The summed E-state index contributed by atoms with van der Waals surface area (Å²) >= 11 is 1.20. The number of azide groups is 1. The minimum Gasteiger partial charge on any atom is -0.463 e. The Morgan fingerprint density at radius 2 is 1.69 bits per heavy atom. The van der Waals surface area contributed by atoms with Gasteiger partial charge in [-0.15, -0.1) is 11.8 Å². The molecule has 0 aromatic heterocycles. The summed E-state index contributed by atoms with van der Waals surface area (Å²) < 4.78 is 21.6. The highest BCUT2D eigenvalue weighted by Crippen LogP contribution is 2.32. The van der Waals surface area contributed by atoms with Crippen molar-refractivity contribution in [2.45, 2.75) is 57.5 Å². The van der Waals surface area contributed by atoms with E-state index < -0.39 is 53.6 Å². The molecule has 1 aliphatic heterocycles. The van der Waals surface area contributed by atoms with Crippen molar-refractivity contribution in [2.75, 3.05) is 18.9 Å². The van der Waals surface area contributed by atoms with Crippen LogP contribution in [0.15, 0.2) is 5.11 Å². The molecule has 0 radical (unpaired) electrons. The van der Waals surface area contributed by atoms with E-state index in [1.807, 2.05) is 0 Å². The number of ether oxygens (including phenoxy) is 4. The second-order valence-electron chi connectivity index (χ2n) is 6.05. The first-order valence-corrected chi connectivity index (χ1v) is 9.73. The van der Waals surface area contributed by atoms with Crippen LogP contribution in [0.3, 0.4) is 0 Å². The summed E-state index contributed by atoms with van der Waals surface area (Å²) in [6.45, 7) is 4.73. The van der Waals surface area contributed by atoms with Gasteiger partial charge in [-0.25, -0.2) is 0 Å². The fourth-order valence-electron chi connectivity index (χ4n) is 2.69. The van der Waals surface area contributed by atoms with Crippen LogP contribution in [0.5, 0.6) is 0 Å². The summed E-state index contributed by atoms with van der Waals surface area (Å²) in [5.74, 6) is -1.98. The van der Waals surface area contributed by atoms with Gasteiger partial charge < -0.3 is 24.3 Å². The van der Waals surface area contributed by atoms with E-state index in [0.717, 1.165) is 0 Å². The fourth-order valence-corrected chi connectivity index (χ4v) is 3.76. The quantitative estimate of drug-likeness (QED) is 0.138. The summed E-state index contributed by atoms with van der Waals surface area (Å²) in [5, 5.41) is 6.09. The van der Waals surface area contributed by atoms with Gasteiger partial charge >= 0.3 is 17.9 Å². The van der Waals surface area contributed by atoms with Crippen LogP contribution in [-0.2, 0) is 38.1 Å². The molecular formula is C16H24N4O8S. The van der Waals surface area contributed by atoms with Crippen LogP contribution in [0, 0.1) is 0 Å². The lowest BCUT2D eigenvalue weighted by atomic mass is 9.97. The number of hydrogen-bond acceptors (Lipinski definition) is 10. The van der Waals surface area contributed by atoms with E-state index in [0.29, 0.717) is 5.75 Å². The van der Waals surface area contributed by atoms with Gasteiger partial charge in [0.25, 0.3) is 0 Å². The maximum absolute atomic E-state index is 11.7. The van der Waals surface area contributed by atoms with Crippen molar-refractivity contribution in [3.63, 3.8) is 0 Å². The zero-order chi connectivity index (χ0) is 22.0. The third-order valence-electron chi connectivity index (χ3n) is 3.61. The molecule has 1 amide bonds. The number of nitrogens with zero attached hydrogens (tertiary/aromatic N) is 3. The minimum absolute atomic E-state index is 0.161. The number of carbonyl (C=O) groups excluding carboxylic acids is 4. The molecule has 162 valence electrons. The Labute approximate surface area is 171 Å². The molecule has 29 heavy (non-hydrogen) atoms. The largest absolute Gasteiger partial charge is 0.463 e. The summed E-state index contributed by atoms with van der Waals surface area (Å²) in [4.78, 5) is 48.9. The van der Waals surface area contributed by atoms with Gasteiger partial charge in [0.1, 0.15) is 24.2 Å². The van der Waals surface area contributed by atoms with E-state index in [1.54, 1.807) is 0 Å². The Bertz CT molecular complexity index is 669. The minimum atomic E-state index is -1.12. The van der Waals surface area contributed by atoms with E-state index in [4.69, 9.17) is 24.5 Å². The lowest BCUT2D eigenvalue weighted by Gasteiger charge is -2.45. The van der Waals surface area contributed by atoms with Gasteiger partial charge in [-0.2, -0.15) is 0 Å². The molecule has 0 bridgehead atoms. The van der Waals surface area contributed by atoms with Crippen LogP contribution in [0.25, 0.3) is 10.4 Å². The Morgan fingerprint density at radius 1 is 1.07 bits per heavy atom. The predicted octanol–water partition coefficient (Wildman–Crippen LogP) is 0.686. The number of esters is 3. The molecule has 0 spiro atoms. The van der Waals surface area contributed by atoms with Gasteiger partial charge in [0.15, 0.2) is 12.2 Å². The van der Waals surface area contributed by atoms with Crippen molar-refractivity contribution in [1.29, 1.82) is 0 Å². The summed E-state index contributed by atoms with van der Waals surface area (Å²) in [6.07, 6.45) is -3.16. The number of rotatable bonds is 9. The second-order valence-corrected chi connectivity index (χ2v) is 7.25. The standard InChI is InChI=1S/C16H24N4O8S/c1-8(21)19-13-15(27-11(4)24)14(26-10(3)23)12(7-25-9(2)22)28-16(13)29-6-5-18-20-17/h12-16H,5-7H2,1-4H3,(H,19,21)/t12-,13-,14-,15-,16+/m1/s1. The van der Waals surface area contributed by atoms with Crippen LogP contribution in [0.2, 0.25) is 0 Å². The molecule has 1 aliphatic rings. The van der Waals surface area contributed by atoms with Gasteiger partial charge in [-0.05, 0) is 5.53 Å². The smallest absolute Gasteiger partial charge is 0.303 e. The maximum Gasteiger partial charge on any atom is 0.303 e. The van der Waals surface area contributed by atoms with Crippen LogP contribution in [0.1, 0.15) is 27.7 Å². The molecule has 0 aromatic rings. The summed E-state index contributed by atoms with van der Waals surface area (Å²) in [6, 6.07) is -0.870. The highest BCUT2D eigenvalue weighted by molar-refractivity contribution is 7.99. The number of amides is 1. The molecule has 5 atom stereocenters. The molecule has 0 saturated carbocycles. The van der Waals surface area contributed by atoms with Gasteiger partial charge in [0.2, 0.25) is 5.91 Å². The molecule has 0 aliphatic carbocycles. The van der Waals surface area contributed by atoms with Crippen molar-refractivity contribution in [3.05, 3.63) is 10.4 Å². The Kier molecular flexibility index (Phi) is 10.3. The first kappa shape index (κ1) is 24.5. The first-order valence-electron chi connectivity index (χ1n) is 8.68. The third-order valence-corrected chi connectivity index (χ3v) is 4.76. The fraction of sp³-hybridized carbons (Fsp3) is 0.750. The van der Waals surface area contributed by atoms with Gasteiger partial charge in [-0.3, -0.25) is 19.2 Å². The van der Waals surface area contributed by atoms with Crippen LogP contribution in [-0.4, -0.2) is 72.5 Å².